The zero-order valence-electron chi connectivity index (χ0n) is 9.63. The molecule has 4 heteroatoms. The summed E-state index contributed by atoms with van der Waals surface area (Å²) in [5.41, 5.74) is 2.39. The molecule has 0 saturated heterocycles. The van der Waals surface area contributed by atoms with Gasteiger partial charge in [-0.1, -0.05) is 22.0 Å². The minimum absolute atomic E-state index is 0.320. The van der Waals surface area contributed by atoms with Crippen LogP contribution >= 0.6 is 43.2 Å². The van der Waals surface area contributed by atoms with Gasteiger partial charge in [0.2, 0.25) is 0 Å². The van der Waals surface area contributed by atoms with Gasteiger partial charge >= 0.3 is 0 Å². The second-order valence-corrected chi connectivity index (χ2v) is 6.71. The van der Waals surface area contributed by atoms with Gasteiger partial charge in [0.25, 0.3) is 0 Å². The minimum Gasteiger partial charge on any atom is -0.378 e. The molecule has 0 spiro atoms. The first-order valence-corrected chi connectivity index (χ1v) is 7.79. The van der Waals surface area contributed by atoms with E-state index in [0.29, 0.717) is 6.04 Å². The van der Waals surface area contributed by atoms with E-state index in [9.17, 15) is 0 Å². The smallest absolute Gasteiger partial charge is 0.0578 e. The first kappa shape index (κ1) is 13.1. The van der Waals surface area contributed by atoms with Crippen molar-refractivity contribution in [1.82, 2.24) is 0 Å². The van der Waals surface area contributed by atoms with Crippen molar-refractivity contribution in [2.45, 2.75) is 19.9 Å². The molecule has 0 aliphatic heterocycles. The molecule has 1 nitrogen and oxygen atoms in total. The predicted octanol–water partition coefficient (Wildman–Crippen LogP) is 5.75. The van der Waals surface area contributed by atoms with Crippen molar-refractivity contribution in [1.29, 1.82) is 0 Å². The third kappa shape index (κ3) is 3.33. The molecule has 0 fully saturated rings. The summed E-state index contributed by atoms with van der Waals surface area (Å²) in [6.45, 7) is 4.26. The van der Waals surface area contributed by atoms with E-state index in [2.05, 4.69) is 80.7 Å². The largest absolute Gasteiger partial charge is 0.378 e. The van der Waals surface area contributed by atoms with E-state index in [4.69, 9.17) is 0 Å². The van der Waals surface area contributed by atoms with Gasteiger partial charge in [0.05, 0.1) is 6.04 Å². The average Bonchev–Trinajstić information content (AvgIpc) is 2.70. The van der Waals surface area contributed by atoms with Crippen molar-refractivity contribution < 1.29 is 0 Å². The molecule has 1 atom stereocenters. The molecule has 2 rings (SSSR count). The SMILES string of the molecule is Cc1ccc(NC(C)c2cc(Br)cs2)cc1Br. The monoisotopic (exact) mass is 373 g/mol. The quantitative estimate of drug-likeness (QED) is 0.720. The van der Waals surface area contributed by atoms with Gasteiger partial charge in [0.15, 0.2) is 0 Å². The lowest BCUT2D eigenvalue weighted by atomic mass is 10.2. The van der Waals surface area contributed by atoms with Crippen LogP contribution in [0.1, 0.15) is 23.4 Å². The highest BCUT2D eigenvalue weighted by atomic mass is 79.9. The summed E-state index contributed by atoms with van der Waals surface area (Å²) < 4.78 is 2.29. The van der Waals surface area contributed by atoms with E-state index in [1.807, 2.05) is 0 Å². The maximum Gasteiger partial charge on any atom is 0.0578 e. The Labute approximate surface area is 123 Å². The number of anilines is 1. The van der Waals surface area contributed by atoms with Crippen molar-refractivity contribution in [3.63, 3.8) is 0 Å². The highest BCUT2D eigenvalue weighted by Gasteiger charge is 2.08. The maximum atomic E-state index is 3.55. The van der Waals surface area contributed by atoms with Crippen LogP contribution in [0.5, 0.6) is 0 Å². The average molecular weight is 375 g/mol. The van der Waals surface area contributed by atoms with Gasteiger partial charge in [0, 0.05) is 24.9 Å². The molecule has 0 aliphatic carbocycles. The van der Waals surface area contributed by atoms with Crippen LogP contribution in [0, 0.1) is 6.92 Å². The first-order chi connectivity index (χ1) is 8.06. The Bertz CT molecular complexity index is 522. The van der Waals surface area contributed by atoms with Crippen LogP contribution in [-0.2, 0) is 0 Å². The van der Waals surface area contributed by atoms with Crippen LogP contribution in [0.15, 0.2) is 38.6 Å². The van der Waals surface area contributed by atoms with E-state index < -0.39 is 0 Å². The van der Waals surface area contributed by atoms with Crippen molar-refractivity contribution in [2.24, 2.45) is 0 Å². The molecule has 0 aliphatic rings. The molecule has 0 bridgehead atoms. The molecule has 1 aromatic carbocycles. The molecule has 2 aromatic rings. The first-order valence-electron chi connectivity index (χ1n) is 5.33. The van der Waals surface area contributed by atoms with Crippen molar-refractivity contribution in [2.75, 3.05) is 5.32 Å². The Balaban J connectivity index is 2.12. The minimum atomic E-state index is 0.320. The normalized spacial score (nSPS) is 12.5. The molecular formula is C13H13Br2NS. The standard InChI is InChI=1S/C13H13Br2NS/c1-8-3-4-11(6-12(8)15)16-9(2)13-5-10(14)7-17-13/h3-7,9,16H,1-2H3. The van der Waals surface area contributed by atoms with Gasteiger partial charge < -0.3 is 5.32 Å². The van der Waals surface area contributed by atoms with E-state index >= 15 is 0 Å². The lowest BCUT2D eigenvalue weighted by molar-refractivity contribution is 0.907. The summed E-state index contributed by atoms with van der Waals surface area (Å²) in [5, 5.41) is 5.61. The summed E-state index contributed by atoms with van der Waals surface area (Å²) in [6, 6.07) is 8.82. The van der Waals surface area contributed by atoms with Crippen LogP contribution < -0.4 is 5.32 Å². The van der Waals surface area contributed by atoms with Gasteiger partial charge in [0.1, 0.15) is 0 Å². The zero-order valence-corrected chi connectivity index (χ0v) is 13.6. The number of halogens is 2. The van der Waals surface area contributed by atoms with Crippen LogP contribution in [0.2, 0.25) is 0 Å². The van der Waals surface area contributed by atoms with Crippen molar-refractivity contribution in [3.8, 4) is 0 Å². The van der Waals surface area contributed by atoms with Gasteiger partial charge in [-0.2, -0.15) is 0 Å². The number of nitrogens with one attached hydrogen (secondary N) is 1. The molecule has 17 heavy (non-hydrogen) atoms. The molecular weight excluding hydrogens is 362 g/mol. The van der Waals surface area contributed by atoms with Gasteiger partial charge in [-0.05, 0) is 53.5 Å². The Morgan fingerprint density at radius 1 is 1.24 bits per heavy atom. The highest BCUT2D eigenvalue weighted by molar-refractivity contribution is 9.10. The molecule has 0 saturated carbocycles. The third-order valence-corrected chi connectivity index (χ3v) is 5.30. The van der Waals surface area contributed by atoms with Crippen molar-refractivity contribution in [3.05, 3.63) is 49.0 Å². The van der Waals surface area contributed by atoms with Gasteiger partial charge in [-0.15, -0.1) is 11.3 Å². The summed E-state index contributed by atoms with van der Waals surface area (Å²) in [4.78, 5) is 1.33. The van der Waals surface area contributed by atoms with E-state index in [-0.39, 0.29) is 0 Å². The predicted molar refractivity (Wildman–Crippen MR) is 82.9 cm³/mol. The Hall–Kier alpha value is -0.320. The number of rotatable bonds is 3. The second-order valence-electron chi connectivity index (χ2n) is 4.00. The Kier molecular flexibility index (Phi) is 4.28. The summed E-state index contributed by atoms with van der Waals surface area (Å²) in [6.07, 6.45) is 0. The number of aryl methyl sites for hydroxylation is 1. The highest BCUT2D eigenvalue weighted by Crippen LogP contribution is 2.29. The van der Waals surface area contributed by atoms with Crippen LogP contribution in [-0.4, -0.2) is 0 Å². The third-order valence-electron chi connectivity index (χ3n) is 2.57. The maximum absolute atomic E-state index is 3.55. The molecule has 1 N–H and O–H groups in total. The number of hydrogen-bond donors (Lipinski definition) is 1. The fourth-order valence-corrected chi connectivity index (χ4v) is 3.39. The summed E-state index contributed by atoms with van der Waals surface area (Å²) >= 11 is 8.80. The lowest BCUT2D eigenvalue weighted by Gasteiger charge is -2.14. The number of benzene rings is 1. The molecule has 90 valence electrons. The summed E-state index contributed by atoms with van der Waals surface area (Å²) in [5.74, 6) is 0. The molecule has 1 unspecified atom stereocenters. The Morgan fingerprint density at radius 2 is 2.00 bits per heavy atom. The summed E-state index contributed by atoms with van der Waals surface area (Å²) in [7, 11) is 0. The van der Waals surface area contributed by atoms with E-state index in [0.717, 1.165) is 14.6 Å². The van der Waals surface area contributed by atoms with Crippen LogP contribution in [0.25, 0.3) is 0 Å². The van der Waals surface area contributed by atoms with Gasteiger partial charge in [-0.25, -0.2) is 0 Å². The second kappa shape index (κ2) is 5.55. The van der Waals surface area contributed by atoms with E-state index in [1.165, 1.54) is 10.4 Å². The van der Waals surface area contributed by atoms with E-state index in [1.54, 1.807) is 11.3 Å². The number of thiophene rings is 1. The lowest BCUT2D eigenvalue weighted by Crippen LogP contribution is -2.04. The number of hydrogen-bond acceptors (Lipinski definition) is 2. The zero-order chi connectivity index (χ0) is 12.4. The molecule has 0 amide bonds. The van der Waals surface area contributed by atoms with Crippen LogP contribution in [0.4, 0.5) is 5.69 Å². The fourth-order valence-electron chi connectivity index (χ4n) is 1.56. The molecule has 0 radical (unpaired) electrons. The molecule has 1 aromatic heterocycles. The van der Waals surface area contributed by atoms with Crippen LogP contribution in [0.3, 0.4) is 0 Å². The fraction of sp³-hybridized carbons (Fsp3) is 0.231. The van der Waals surface area contributed by atoms with Crippen molar-refractivity contribution >= 4 is 48.9 Å². The molecule has 1 heterocycles. The Morgan fingerprint density at radius 3 is 2.59 bits per heavy atom. The topological polar surface area (TPSA) is 12.0 Å². The van der Waals surface area contributed by atoms with Gasteiger partial charge in [-0.3, -0.25) is 0 Å².